The molecule has 0 unspecified atom stereocenters. The molecule has 0 radical (unpaired) electrons. The first-order chi connectivity index (χ1) is 14.0. The number of unbranched alkanes of at least 4 members (excludes halogenated alkanes) is 2. The third-order valence-electron chi connectivity index (χ3n) is 4.75. The number of carbonyl (C=O) groups excluding carboxylic acids is 2. The first kappa shape index (κ1) is 20.3. The minimum Gasteiger partial charge on any atom is -0.326 e. The van der Waals surface area contributed by atoms with E-state index in [4.69, 9.17) is 0 Å². The molecule has 0 atom stereocenters. The molecule has 1 aromatic heterocycles. The lowest BCUT2D eigenvalue weighted by Gasteiger charge is -2.07. The number of aromatic amines is 1. The molecule has 0 fully saturated rings. The second kappa shape index (κ2) is 9.14. The van der Waals surface area contributed by atoms with Crippen molar-refractivity contribution in [2.45, 2.75) is 39.2 Å². The van der Waals surface area contributed by atoms with E-state index in [1.165, 1.54) is 11.5 Å². The lowest BCUT2D eigenvalue weighted by molar-refractivity contribution is -0.116. The third-order valence-corrected chi connectivity index (χ3v) is 4.75. The first-order valence-corrected chi connectivity index (χ1v) is 9.58. The zero-order valence-corrected chi connectivity index (χ0v) is 16.2. The fourth-order valence-electron chi connectivity index (χ4n) is 3.15. The van der Waals surface area contributed by atoms with Gasteiger partial charge in [-0.3, -0.25) is 19.0 Å². The fraction of sp³-hybridized carbons (Fsp3) is 0.273. The largest absolute Gasteiger partial charge is 0.328 e. The van der Waals surface area contributed by atoms with Crippen LogP contribution in [0.4, 0.5) is 5.69 Å². The second-order valence-electron chi connectivity index (χ2n) is 6.92. The summed E-state index contributed by atoms with van der Waals surface area (Å²) in [4.78, 5) is 50.6. The van der Waals surface area contributed by atoms with Gasteiger partial charge in [0.15, 0.2) is 5.78 Å². The van der Waals surface area contributed by atoms with E-state index in [0.29, 0.717) is 48.0 Å². The molecule has 29 heavy (non-hydrogen) atoms. The van der Waals surface area contributed by atoms with E-state index in [-0.39, 0.29) is 17.2 Å². The highest BCUT2D eigenvalue weighted by atomic mass is 16.2. The van der Waals surface area contributed by atoms with Crippen molar-refractivity contribution < 1.29 is 9.59 Å². The Hall–Kier alpha value is -3.48. The van der Waals surface area contributed by atoms with Crippen molar-refractivity contribution in [1.82, 2.24) is 9.55 Å². The van der Waals surface area contributed by atoms with E-state index in [1.54, 1.807) is 48.5 Å². The standard InChI is InChI=1S/C22H23N3O4/c1-15(26)16-10-12-17(13-11-16)23-20(27)9-3-2-6-14-25-21(28)18-7-4-5-8-19(18)24-22(25)29/h4-5,7-8,10-13H,2-3,6,9,14H2,1H3,(H,23,27)(H,24,29). The van der Waals surface area contributed by atoms with E-state index in [2.05, 4.69) is 10.3 Å². The third kappa shape index (κ3) is 5.07. The molecule has 0 spiro atoms. The highest BCUT2D eigenvalue weighted by Crippen LogP contribution is 2.11. The van der Waals surface area contributed by atoms with Crippen LogP contribution in [-0.4, -0.2) is 21.2 Å². The summed E-state index contributed by atoms with van der Waals surface area (Å²) in [6.45, 7) is 1.81. The highest BCUT2D eigenvalue weighted by molar-refractivity contribution is 5.95. The van der Waals surface area contributed by atoms with E-state index in [9.17, 15) is 19.2 Å². The number of para-hydroxylation sites is 1. The molecule has 1 amide bonds. The minimum absolute atomic E-state index is 0.0211. The number of hydrogen-bond donors (Lipinski definition) is 2. The zero-order chi connectivity index (χ0) is 20.8. The summed E-state index contributed by atoms with van der Waals surface area (Å²) < 4.78 is 1.21. The summed E-state index contributed by atoms with van der Waals surface area (Å²) in [6, 6.07) is 13.7. The van der Waals surface area contributed by atoms with Gasteiger partial charge in [0.2, 0.25) is 5.91 Å². The van der Waals surface area contributed by atoms with Crippen molar-refractivity contribution in [2.75, 3.05) is 5.32 Å². The molecule has 0 bridgehead atoms. The fourth-order valence-corrected chi connectivity index (χ4v) is 3.15. The normalized spacial score (nSPS) is 10.8. The van der Waals surface area contributed by atoms with Crippen molar-refractivity contribution in [1.29, 1.82) is 0 Å². The number of hydrogen-bond acceptors (Lipinski definition) is 4. The number of nitrogens with zero attached hydrogens (tertiary/aromatic N) is 1. The minimum atomic E-state index is -0.416. The number of anilines is 1. The molecular formula is C22H23N3O4. The van der Waals surface area contributed by atoms with Crippen molar-refractivity contribution in [2.24, 2.45) is 0 Å². The SMILES string of the molecule is CC(=O)c1ccc(NC(=O)CCCCCn2c(=O)[nH]c3ccccc3c2=O)cc1. The molecule has 0 aliphatic heterocycles. The van der Waals surface area contributed by atoms with E-state index in [0.717, 1.165) is 6.42 Å². The Balaban J connectivity index is 1.47. The molecule has 0 aliphatic rings. The maximum atomic E-state index is 12.4. The van der Waals surface area contributed by atoms with Crippen LogP contribution in [-0.2, 0) is 11.3 Å². The molecule has 150 valence electrons. The molecular weight excluding hydrogens is 370 g/mol. The molecule has 0 aliphatic carbocycles. The van der Waals surface area contributed by atoms with Crippen LogP contribution >= 0.6 is 0 Å². The topological polar surface area (TPSA) is 101 Å². The van der Waals surface area contributed by atoms with Crippen LogP contribution in [0.15, 0.2) is 58.1 Å². The number of amides is 1. The number of H-pyrrole nitrogens is 1. The van der Waals surface area contributed by atoms with Crippen LogP contribution in [0.1, 0.15) is 43.0 Å². The Morgan fingerprint density at radius 1 is 0.966 bits per heavy atom. The summed E-state index contributed by atoms with van der Waals surface area (Å²) in [5.41, 5.74) is 1.07. The molecule has 2 N–H and O–H groups in total. The van der Waals surface area contributed by atoms with Gasteiger partial charge < -0.3 is 10.3 Å². The smallest absolute Gasteiger partial charge is 0.326 e. The molecule has 3 rings (SSSR count). The van der Waals surface area contributed by atoms with Gasteiger partial charge in [-0.2, -0.15) is 0 Å². The summed E-state index contributed by atoms with van der Waals surface area (Å²) >= 11 is 0. The number of nitrogens with one attached hydrogen (secondary N) is 2. The van der Waals surface area contributed by atoms with Gasteiger partial charge in [0.1, 0.15) is 0 Å². The molecule has 7 heteroatoms. The number of fused-ring (bicyclic) bond motifs is 1. The van der Waals surface area contributed by atoms with Gasteiger partial charge in [0.05, 0.1) is 10.9 Å². The highest BCUT2D eigenvalue weighted by Gasteiger charge is 2.07. The zero-order valence-electron chi connectivity index (χ0n) is 16.2. The summed E-state index contributed by atoms with van der Waals surface area (Å²) in [5.74, 6) is -0.131. The molecule has 0 saturated heterocycles. The quantitative estimate of drug-likeness (QED) is 0.454. The maximum absolute atomic E-state index is 12.4. The Bertz CT molecular complexity index is 1140. The summed E-state index contributed by atoms with van der Waals surface area (Å²) in [7, 11) is 0. The monoisotopic (exact) mass is 393 g/mol. The van der Waals surface area contributed by atoms with Gasteiger partial charge in [-0.25, -0.2) is 4.79 Å². The molecule has 2 aromatic carbocycles. The summed E-state index contributed by atoms with van der Waals surface area (Å²) in [5, 5.41) is 3.28. The van der Waals surface area contributed by atoms with E-state index >= 15 is 0 Å². The van der Waals surface area contributed by atoms with E-state index in [1.807, 2.05) is 0 Å². The molecule has 7 nitrogen and oxygen atoms in total. The van der Waals surface area contributed by atoms with Crippen LogP contribution in [0.5, 0.6) is 0 Å². The lowest BCUT2D eigenvalue weighted by Crippen LogP contribution is -2.35. The number of benzene rings is 2. The first-order valence-electron chi connectivity index (χ1n) is 9.58. The van der Waals surface area contributed by atoms with Crippen LogP contribution in [0.25, 0.3) is 10.9 Å². The Morgan fingerprint density at radius 3 is 2.41 bits per heavy atom. The van der Waals surface area contributed by atoms with Gasteiger partial charge in [0, 0.05) is 24.2 Å². The van der Waals surface area contributed by atoms with Crippen LogP contribution < -0.4 is 16.6 Å². The van der Waals surface area contributed by atoms with Crippen LogP contribution in [0, 0.1) is 0 Å². The van der Waals surface area contributed by atoms with Crippen LogP contribution in [0.3, 0.4) is 0 Å². The van der Waals surface area contributed by atoms with Gasteiger partial charge in [-0.1, -0.05) is 18.6 Å². The predicted molar refractivity (Wildman–Crippen MR) is 112 cm³/mol. The Labute approximate surface area is 167 Å². The van der Waals surface area contributed by atoms with Crippen molar-refractivity contribution in [3.63, 3.8) is 0 Å². The van der Waals surface area contributed by atoms with Crippen molar-refractivity contribution in [3.05, 3.63) is 74.9 Å². The number of aromatic nitrogens is 2. The van der Waals surface area contributed by atoms with Crippen LogP contribution in [0.2, 0.25) is 0 Å². The average Bonchev–Trinajstić information content (AvgIpc) is 2.70. The molecule has 0 saturated carbocycles. The number of rotatable bonds is 8. The molecule has 3 aromatic rings. The maximum Gasteiger partial charge on any atom is 0.328 e. The van der Waals surface area contributed by atoms with E-state index < -0.39 is 5.69 Å². The number of Topliss-reactive ketones (excluding diaryl/α,β-unsaturated/α-hetero) is 1. The summed E-state index contributed by atoms with van der Waals surface area (Å²) in [6.07, 6.45) is 2.34. The second-order valence-corrected chi connectivity index (χ2v) is 6.92. The number of carbonyl (C=O) groups is 2. The number of ketones is 1. The van der Waals surface area contributed by atoms with Gasteiger partial charge >= 0.3 is 5.69 Å². The van der Waals surface area contributed by atoms with Gasteiger partial charge in [0.25, 0.3) is 5.56 Å². The average molecular weight is 393 g/mol. The van der Waals surface area contributed by atoms with Crippen molar-refractivity contribution in [3.8, 4) is 0 Å². The Morgan fingerprint density at radius 2 is 1.69 bits per heavy atom. The van der Waals surface area contributed by atoms with Gasteiger partial charge in [-0.05, 0) is 56.2 Å². The van der Waals surface area contributed by atoms with Crippen molar-refractivity contribution >= 4 is 28.3 Å². The van der Waals surface area contributed by atoms with Gasteiger partial charge in [-0.15, -0.1) is 0 Å². The molecule has 1 heterocycles. The predicted octanol–water partition coefficient (Wildman–Crippen LogP) is 3.09. The lowest BCUT2D eigenvalue weighted by atomic mass is 10.1. The Kier molecular flexibility index (Phi) is 6.39.